The molecule has 1 aliphatic heterocycles. The summed E-state index contributed by atoms with van der Waals surface area (Å²) in [6.45, 7) is 3.16. The van der Waals surface area contributed by atoms with Crippen molar-refractivity contribution in [1.29, 1.82) is 5.26 Å². The summed E-state index contributed by atoms with van der Waals surface area (Å²) < 4.78 is 5.13. The van der Waals surface area contributed by atoms with Gasteiger partial charge in [0, 0.05) is 12.6 Å². The van der Waals surface area contributed by atoms with E-state index in [1.54, 1.807) is 0 Å². The molecule has 0 saturated carbocycles. The van der Waals surface area contributed by atoms with E-state index in [1.165, 1.54) is 0 Å². The molecular weight excluding hydrogens is 180 g/mol. The first kappa shape index (κ1) is 11.0. The number of carbonyl (C=O) groups excluding carboxylic acids is 1. The Kier molecular flexibility index (Phi) is 4.41. The fourth-order valence-electron chi connectivity index (χ4n) is 1.47. The van der Waals surface area contributed by atoms with Crippen LogP contribution in [0.4, 0.5) is 0 Å². The predicted octanol–water partition coefficient (Wildman–Crippen LogP) is 0.831. The van der Waals surface area contributed by atoms with Crippen LogP contribution < -0.4 is 5.32 Å². The van der Waals surface area contributed by atoms with Gasteiger partial charge in [-0.2, -0.15) is 5.26 Å². The summed E-state index contributed by atoms with van der Waals surface area (Å²) in [7, 11) is 0. The van der Waals surface area contributed by atoms with Gasteiger partial charge in [-0.25, -0.2) is 0 Å². The van der Waals surface area contributed by atoms with Crippen LogP contribution in [0.15, 0.2) is 0 Å². The third-order valence-electron chi connectivity index (χ3n) is 2.48. The number of carbonyl (C=O) groups is 1. The average Bonchev–Trinajstić information content (AvgIpc) is 2.69. The van der Waals surface area contributed by atoms with Gasteiger partial charge in [0.2, 0.25) is 5.91 Å². The number of ether oxygens (including phenoxy) is 1. The second kappa shape index (κ2) is 5.61. The zero-order valence-electron chi connectivity index (χ0n) is 8.45. The molecule has 1 rings (SSSR count). The van der Waals surface area contributed by atoms with Crippen molar-refractivity contribution in [2.75, 3.05) is 13.2 Å². The van der Waals surface area contributed by atoms with Gasteiger partial charge in [0.15, 0.2) is 0 Å². The maximum atomic E-state index is 11.6. The highest BCUT2D eigenvalue weighted by atomic mass is 16.5. The predicted molar refractivity (Wildman–Crippen MR) is 51.4 cm³/mol. The first-order chi connectivity index (χ1) is 6.77. The fraction of sp³-hybridized carbons (Fsp3) is 0.800. The molecule has 78 valence electrons. The Morgan fingerprint density at radius 1 is 1.79 bits per heavy atom. The summed E-state index contributed by atoms with van der Waals surface area (Å²) in [4.78, 5) is 11.6. The van der Waals surface area contributed by atoms with Gasteiger partial charge in [-0.3, -0.25) is 4.79 Å². The van der Waals surface area contributed by atoms with Crippen molar-refractivity contribution < 1.29 is 9.53 Å². The van der Waals surface area contributed by atoms with E-state index in [2.05, 4.69) is 11.4 Å². The first-order valence-electron chi connectivity index (χ1n) is 5.03. The monoisotopic (exact) mass is 196 g/mol. The molecule has 0 spiro atoms. The minimum atomic E-state index is -0.0113. The van der Waals surface area contributed by atoms with Gasteiger partial charge in [-0.1, -0.05) is 6.92 Å². The number of nitrogens with zero attached hydrogens (tertiary/aromatic N) is 1. The Balaban J connectivity index is 2.34. The molecule has 1 heterocycles. The number of amides is 1. The molecule has 2 atom stereocenters. The third kappa shape index (κ3) is 3.00. The standard InChI is InChI=1S/C10H16N2O2/c1-2-9(3-5-11)12-10(13)8-4-6-14-7-8/h8-9H,2-4,6-7H2,1H3,(H,12,13). The largest absolute Gasteiger partial charge is 0.381 e. The molecule has 1 amide bonds. The normalized spacial score (nSPS) is 22.7. The van der Waals surface area contributed by atoms with Crippen LogP contribution in [0.2, 0.25) is 0 Å². The topological polar surface area (TPSA) is 62.1 Å². The van der Waals surface area contributed by atoms with Crippen molar-refractivity contribution in [1.82, 2.24) is 5.32 Å². The highest BCUT2D eigenvalue weighted by Crippen LogP contribution is 2.12. The van der Waals surface area contributed by atoms with Crippen LogP contribution in [-0.2, 0) is 9.53 Å². The van der Waals surface area contributed by atoms with Crippen LogP contribution in [0.3, 0.4) is 0 Å². The quantitative estimate of drug-likeness (QED) is 0.724. The lowest BCUT2D eigenvalue weighted by atomic mass is 10.1. The SMILES string of the molecule is CCC(CC#N)NC(=O)C1CCOC1. The lowest BCUT2D eigenvalue weighted by Crippen LogP contribution is -2.38. The molecule has 0 bridgehead atoms. The average molecular weight is 196 g/mol. The minimum Gasteiger partial charge on any atom is -0.381 e. The van der Waals surface area contributed by atoms with Crippen LogP contribution in [0.1, 0.15) is 26.2 Å². The molecule has 1 fully saturated rings. The summed E-state index contributed by atoms with van der Waals surface area (Å²) in [6.07, 6.45) is 1.98. The molecule has 1 N–H and O–H groups in total. The van der Waals surface area contributed by atoms with E-state index in [0.717, 1.165) is 12.8 Å². The maximum Gasteiger partial charge on any atom is 0.225 e. The summed E-state index contributed by atoms with van der Waals surface area (Å²) in [5.74, 6) is 0.0207. The molecule has 0 radical (unpaired) electrons. The Morgan fingerprint density at radius 2 is 2.57 bits per heavy atom. The van der Waals surface area contributed by atoms with Crippen LogP contribution in [0.5, 0.6) is 0 Å². The minimum absolute atomic E-state index is 0.00639. The van der Waals surface area contributed by atoms with Gasteiger partial charge in [0.25, 0.3) is 0 Å². The van der Waals surface area contributed by atoms with Crippen molar-refractivity contribution in [2.45, 2.75) is 32.2 Å². The van der Waals surface area contributed by atoms with Crippen LogP contribution in [-0.4, -0.2) is 25.2 Å². The molecule has 1 aliphatic rings. The molecule has 0 aliphatic carbocycles. The lowest BCUT2D eigenvalue weighted by Gasteiger charge is -2.15. The second-order valence-corrected chi connectivity index (χ2v) is 3.54. The summed E-state index contributed by atoms with van der Waals surface area (Å²) in [6, 6.07) is 2.06. The van der Waals surface area contributed by atoms with Crippen molar-refractivity contribution >= 4 is 5.91 Å². The van der Waals surface area contributed by atoms with E-state index in [1.807, 2.05) is 6.92 Å². The smallest absolute Gasteiger partial charge is 0.225 e. The van der Waals surface area contributed by atoms with E-state index in [0.29, 0.717) is 19.6 Å². The van der Waals surface area contributed by atoms with Crippen LogP contribution in [0.25, 0.3) is 0 Å². The van der Waals surface area contributed by atoms with Gasteiger partial charge in [-0.15, -0.1) is 0 Å². The molecule has 14 heavy (non-hydrogen) atoms. The molecule has 4 heteroatoms. The van der Waals surface area contributed by atoms with Gasteiger partial charge < -0.3 is 10.1 Å². The number of nitriles is 1. The Bertz CT molecular complexity index is 229. The van der Waals surface area contributed by atoms with E-state index >= 15 is 0 Å². The molecule has 0 aromatic rings. The number of hydrogen-bond acceptors (Lipinski definition) is 3. The number of nitrogens with one attached hydrogen (secondary N) is 1. The van der Waals surface area contributed by atoms with Crippen molar-refractivity contribution in [3.05, 3.63) is 0 Å². The molecule has 0 aromatic heterocycles. The molecule has 2 unspecified atom stereocenters. The summed E-state index contributed by atoms with van der Waals surface area (Å²) in [5.41, 5.74) is 0. The highest BCUT2D eigenvalue weighted by Gasteiger charge is 2.24. The van der Waals surface area contributed by atoms with Crippen LogP contribution >= 0.6 is 0 Å². The van der Waals surface area contributed by atoms with E-state index < -0.39 is 0 Å². The molecular formula is C10H16N2O2. The molecule has 1 saturated heterocycles. The summed E-state index contributed by atoms with van der Waals surface area (Å²) >= 11 is 0. The number of hydrogen-bond donors (Lipinski definition) is 1. The Labute approximate surface area is 84.2 Å². The number of rotatable bonds is 4. The van der Waals surface area contributed by atoms with Gasteiger partial charge in [-0.05, 0) is 12.8 Å². The third-order valence-corrected chi connectivity index (χ3v) is 2.48. The van der Waals surface area contributed by atoms with Gasteiger partial charge >= 0.3 is 0 Å². The lowest BCUT2D eigenvalue weighted by molar-refractivity contribution is -0.125. The van der Waals surface area contributed by atoms with E-state index in [4.69, 9.17) is 10.00 Å². The van der Waals surface area contributed by atoms with E-state index in [9.17, 15) is 4.79 Å². The molecule has 0 aromatic carbocycles. The fourth-order valence-corrected chi connectivity index (χ4v) is 1.47. The zero-order valence-corrected chi connectivity index (χ0v) is 8.45. The Morgan fingerprint density at radius 3 is 3.07 bits per heavy atom. The van der Waals surface area contributed by atoms with Gasteiger partial charge in [0.05, 0.1) is 25.0 Å². The first-order valence-corrected chi connectivity index (χ1v) is 5.03. The van der Waals surface area contributed by atoms with Crippen molar-refractivity contribution in [2.24, 2.45) is 5.92 Å². The van der Waals surface area contributed by atoms with Crippen molar-refractivity contribution in [3.63, 3.8) is 0 Å². The molecule has 4 nitrogen and oxygen atoms in total. The zero-order chi connectivity index (χ0) is 10.4. The maximum absolute atomic E-state index is 11.6. The van der Waals surface area contributed by atoms with E-state index in [-0.39, 0.29) is 17.9 Å². The van der Waals surface area contributed by atoms with Crippen molar-refractivity contribution in [3.8, 4) is 6.07 Å². The Hall–Kier alpha value is -1.08. The van der Waals surface area contributed by atoms with Gasteiger partial charge in [0.1, 0.15) is 0 Å². The van der Waals surface area contributed by atoms with Crippen LogP contribution in [0, 0.1) is 17.2 Å². The second-order valence-electron chi connectivity index (χ2n) is 3.54. The highest BCUT2D eigenvalue weighted by molar-refractivity contribution is 5.79. The summed E-state index contributed by atoms with van der Waals surface area (Å²) in [5, 5.41) is 11.4.